The lowest BCUT2D eigenvalue weighted by Crippen LogP contribution is -2.28. The minimum absolute atomic E-state index is 0.222. The van der Waals surface area contributed by atoms with Crippen LogP contribution in [0.3, 0.4) is 0 Å². The molecule has 0 saturated carbocycles. The Morgan fingerprint density at radius 3 is 2.62 bits per heavy atom. The van der Waals surface area contributed by atoms with Crippen LogP contribution in [-0.4, -0.2) is 12.3 Å². The number of rotatable bonds is 11. The van der Waals surface area contributed by atoms with Gasteiger partial charge in [-0.2, -0.15) is 8.78 Å². The second kappa shape index (κ2) is 9.46. The third-order valence-corrected chi connectivity index (χ3v) is 4.13. The molecule has 1 aromatic heterocycles. The lowest BCUT2D eigenvalue weighted by atomic mass is 9.87. The molecule has 0 radical (unpaired) electrons. The number of alkyl halides is 2. The minimum atomic E-state index is -2.35. The van der Waals surface area contributed by atoms with Crippen LogP contribution in [0.4, 0.5) is 8.78 Å². The SMILES string of the molecule is CCCCCC(C)(C)CNCc1ccc(CSC(F)F)o1. The first-order valence-corrected chi connectivity index (χ1v) is 8.66. The Labute approximate surface area is 131 Å². The van der Waals surface area contributed by atoms with E-state index >= 15 is 0 Å². The summed E-state index contributed by atoms with van der Waals surface area (Å²) in [6.07, 6.45) is 5.01. The molecule has 0 unspecified atom stereocenters. The molecule has 0 amide bonds. The Hall–Kier alpha value is -0.550. The van der Waals surface area contributed by atoms with Crippen LogP contribution < -0.4 is 5.32 Å². The van der Waals surface area contributed by atoms with Crippen molar-refractivity contribution in [1.82, 2.24) is 5.32 Å². The molecule has 1 rings (SSSR count). The average Bonchev–Trinajstić information content (AvgIpc) is 2.84. The maximum atomic E-state index is 12.1. The van der Waals surface area contributed by atoms with Crippen LogP contribution in [0.5, 0.6) is 0 Å². The second-order valence-corrected chi connectivity index (χ2v) is 7.14. The first-order chi connectivity index (χ1) is 9.93. The van der Waals surface area contributed by atoms with Crippen molar-refractivity contribution in [1.29, 1.82) is 0 Å². The van der Waals surface area contributed by atoms with Crippen LogP contribution in [0, 0.1) is 5.41 Å². The van der Waals surface area contributed by atoms with Gasteiger partial charge in [0.2, 0.25) is 0 Å². The lowest BCUT2D eigenvalue weighted by Gasteiger charge is -2.24. The Balaban J connectivity index is 2.25. The van der Waals surface area contributed by atoms with E-state index in [0.717, 1.165) is 12.3 Å². The second-order valence-electron chi connectivity index (χ2n) is 6.16. The number of thioether (sulfide) groups is 1. The summed E-state index contributed by atoms with van der Waals surface area (Å²) in [5.74, 6) is -0.704. The van der Waals surface area contributed by atoms with Crippen molar-refractivity contribution in [2.24, 2.45) is 5.41 Å². The van der Waals surface area contributed by atoms with Crippen LogP contribution in [0.2, 0.25) is 0 Å². The van der Waals surface area contributed by atoms with Gasteiger partial charge in [0.25, 0.3) is 5.76 Å². The van der Waals surface area contributed by atoms with Gasteiger partial charge < -0.3 is 9.73 Å². The van der Waals surface area contributed by atoms with Gasteiger partial charge in [-0.1, -0.05) is 51.8 Å². The fourth-order valence-electron chi connectivity index (χ4n) is 2.21. The zero-order valence-corrected chi connectivity index (χ0v) is 14.1. The van der Waals surface area contributed by atoms with Crippen molar-refractivity contribution < 1.29 is 13.2 Å². The highest BCUT2D eigenvalue weighted by molar-refractivity contribution is 7.98. The summed E-state index contributed by atoms with van der Waals surface area (Å²) in [4.78, 5) is 0. The Bertz CT molecular complexity index is 393. The maximum Gasteiger partial charge on any atom is 0.284 e. The van der Waals surface area contributed by atoms with Crippen molar-refractivity contribution in [3.05, 3.63) is 23.7 Å². The molecule has 0 atom stereocenters. The van der Waals surface area contributed by atoms with Gasteiger partial charge >= 0.3 is 0 Å². The molecule has 0 fully saturated rings. The van der Waals surface area contributed by atoms with Crippen molar-refractivity contribution >= 4 is 11.8 Å². The van der Waals surface area contributed by atoms with Crippen LogP contribution >= 0.6 is 11.8 Å². The van der Waals surface area contributed by atoms with Crippen molar-refractivity contribution in [2.45, 2.75) is 64.5 Å². The third kappa shape index (κ3) is 8.47. The van der Waals surface area contributed by atoms with Gasteiger partial charge in [0.1, 0.15) is 11.5 Å². The number of halogens is 2. The first kappa shape index (κ1) is 18.5. The van der Waals surface area contributed by atoms with E-state index in [9.17, 15) is 8.78 Å². The van der Waals surface area contributed by atoms with E-state index < -0.39 is 5.76 Å². The first-order valence-electron chi connectivity index (χ1n) is 7.61. The fraction of sp³-hybridized carbons (Fsp3) is 0.750. The molecule has 1 aromatic rings. The van der Waals surface area contributed by atoms with E-state index in [4.69, 9.17) is 4.42 Å². The van der Waals surface area contributed by atoms with Crippen LogP contribution in [0.1, 0.15) is 58.0 Å². The predicted octanol–water partition coefficient (Wildman–Crippen LogP) is 5.43. The van der Waals surface area contributed by atoms with Gasteiger partial charge in [-0.15, -0.1) is 0 Å². The summed E-state index contributed by atoms with van der Waals surface area (Å²) in [6, 6.07) is 3.64. The van der Waals surface area contributed by atoms with Gasteiger partial charge in [-0.25, -0.2) is 0 Å². The van der Waals surface area contributed by atoms with Gasteiger partial charge in [0.05, 0.1) is 12.3 Å². The van der Waals surface area contributed by atoms with E-state index in [1.54, 1.807) is 6.07 Å². The maximum absolute atomic E-state index is 12.1. The normalized spacial score (nSPS) is 12.3. The molecule has 0 bridgehead atoms. The molecule has 0 aliphatic carbocycles. The third-order valence-electron chi connectivity index (χ3n) is 3.43. The van der Waals surface area contributed by atoms with Gasteiger partial charge in [0, 0.05) is 6.54 Å². The topological polar surface area (TPSA) is 25.2 Å². The number of furan rings is 1. The van der Waals surface area contributed by atoms with Crippen LogP contribution in [-0.2, 0) is 12.3 Å². The molecule has 0 saturated heterocycles. The van der Waals surface area contributed by atoms with Gasteiger partial charge in [-0.05, 0) is 24.0 Å². The van der Waals surface area contributed by atoms with Crippen molar-refractivity contribution in [3.8, 4) is 0 Å². The summed E-state index contributed by atoms with van der Waals surface area (Å²) in [5.41, 5.74) is 0.274. The Morgan fingerprint density at radius 2 is 1.95 bits per heavy atom. The minimum Gasteiger partial charge on any atom is -0.464 e. The largest absolute Gasteiger partial charge is 0.464 e. The molecule has 1 heterocycles. The fourth-order valence-corrected chi connectivity index (χ4v) is 2.65. The molecular weight excluding hydrogens is 292 g/mol. The highest BCUT2D eigenvalue weighted by Crippen LogP contribution is 2.23. The zero-order chi connectivity index (χ0) is 15.7. The molecule has 0 aliphatic heterocycles. The number of hydrogen-bond donors (Lipinski definition) is 1. The van der Waals surface area contributed by atoms with E-state index in [-0.39, 0.29) is 11.2 Å². The molecular formula is C16H27F2NOS. The summed E-state index contributed by atoms with van der Waals surface area (Å²) in [7, 11) is 0. The number of hydrogen-bond acceptors (Lipinski definition) is 3. The Morgan fingerprint density at radius 1 is 1.24 bits per heavy atom. The molecule has 5 heteroatoms. The Kier molecular flexibility index (Phi) is 8.34. The predicted molar refractivity (Wildman–Crippen MR) is 85.6 cm³/mol. The molecule has 0 spiro atoms. The average molecular weight is 319 g/mol. The van der Waals surface area contributed by atoms with Gasteiger partial charge in [-0.3, -0.25) is 0 Å². The van der Waals surface area contributed by atoms with Gasteiger partial charge in [0.15, 0.2) is 0 Å². The summed E-state index contributed by atoms with van der Waals surface area (Å²) >= 11 is 0.589. The van der Waals surface area contributed by atoms with E-state index in [2.05, 4.69) is 26.1 Å². The van der Waals surface area contributed by atoms with Crippen molar-refractivity contribution in [3.63, 3.8) is 0 Å². The smallest absolute Gasteiger partial charge is 0.284 e. The molecule has 2 nitrogen and oxygen atoms in total. The van der Waals surface area contributed by atoms with E-state index in [0.29, 0.717) is 24.1 Å². The molecule has 1 N–H and O–H groups in total. The van der Waals surface area contributed by atoms with Crippen LogP contribution in [0.15, 0.2) is 16.5 Å². The number of unbranched alkanes of at least 4 members (excludes halogenated alkanes) is 2. The standard InChI is InChI=1S/C16H27F2NOS/c1-4-5-6-9-16(2,3)12-19-10-13-7-8-14(20-13)11-21-15(17)18/h7-8,15,19H,4-6,9-12H2,1-3H3. The highest BCUT2D eigenvalue weighted by atomic mass is 32.2. The monoisotopic (exact) mass is 319 g/mol. The van der Waals surface area contributed by atoms with Crippen molar-refractivity contribution in [2.75, 3.05) is 6.54 Å². The zero-order valence-electron chi connectivity index (χ0n) is 13.3. The summed E-state index contributed by atoms with van der Waals surface area (Å²) in [5, 5.41) is 3.40. The molecule has 0 aromatic carbocycles. The highest BCUT2D eigenvalue weighted by Gasteiger charge is 2.17. The summed E-state index contributed by atoms with van der Waals surface area (Å²) in [6.45, 7) is 8.33. The van der Waals surface area contributed by atoms with E-state index in [1.165, 1.54) is 25.7 Å². The quantitative estimate of drug-likeness (QED) is 0.550. The molecule has 122 valence electrons. The lowest BCUT2D eigenvalue weighted by molar-refractivity contribution is 0.251. The molecule has 21 heavy (non-hydrogen) atoms. The number of nitrogens with one attached hydrogen (secondary N) is 1. The van der Waals surface area contributed by atoms with Crippen LogP contribution in [0.25, 0.3) is 0 Å². The molecule has 0 aliphatic rings. The summed E-state index contributed by atoms with van der Waals surface area (Å²) < 4.78 is 29.7. The van der Waals surface area contributed by atoms with E-state index in [1.807, 2.05) is 6.07 Å².